The quantitative estimate of drug-likeness (QED) is 0.393. The molecule has 1 unspecified atom stereocenters. The first-order chi connectivity index (χ1) is 19.2. The SMILES string of the molecule is CC(C)N(CC(C(=O)N1CCN(c2c(C(F)(F)F)cnc3[nH]ncc23)CC1)c1ccc(Cl)cc1)C(=O)OC(C)(C)C. The first-order valence-electron chi connectivity index (χ1n) is 13.3. The maximum Gasteiger partial charge on any atom is 0.419 e. The van der Waals surface area contributed by atoms with Crippen LogP contribution in [-0.4, -0.2) is 81.3 Å². The molecular formula is C28H34ClF3N6O3. The van der Waals surface area contributed by atoms with Crippen LogP contribution in [0.15, 0.2) is 36.7 Å². The smallest absolute Gasteiger partial charge is 0.419 e. The molecule has 0 radical (unpaired) electrons. The van der Waals surface area contributed by atoms with E-state index in [-0.39, 0.29) is 61.4 Å². The van der Waals surface area contributed by atoms with Gasteiger partial charge < -0.3 is 19.4 Å². The number of aromatic amines is 1. The number of rotatable bonds is 6. The number of anilines is 1. The first kappa shape index (κ1) is 30.4. The van der Waals surface area contributed by atoms with Crippen molar-refractivity contribution in [1.29, 1.82) is 0 Å². The van der Waals surface area contributed by atoms with E-state index in [1.165, 1.54) is 11.1 Å². The Morgan fingerprint density at radius 1 is 1.07 bits per heavy atom. The van der Waals surface area contributed by atoms with Gasteiger partial charge in [-0.05, 0) is 52.3 Å². The van der Waals surface area contributed by atoms with E-state index in [2.05, 4.69) is 15.2 Å². The van der Waals surface area contributed by atoms with E-state index in [1.54, 1.807) is 54.8 Å². The van der Waals surface area contributed by atoms with E-state index < -0.39 is 29.4 Å². The highest BCUT2D eigenvalue weighted by Gasteiger charge is 2.39. The predicted molar refractivity (Wildman–Crippen MR) is 150 cm³/mol. The number of halogens is 4. The Morgan fingerprint density at radius 3 is 2.27 bits per heavy atom. The zero-order valence-corrected chi connectivity index (χ0v) is 24.4. The molecule has 3 aromatic rings. The molecule has 1 fully saturated rings. The lowest BCUT2D eigenvalue weighted by atomic mass is 9.96. The Labute approximate surface area is 241 Å². The van der Waals surface area contributed by atoms with Crippen molar-refractivity contribution in [2.75, 3.05) is 37.6 Å². The molecule has 0 saturated carbocycles. The molecule has 0 bridgehead atoms. The standard InChI is InChI=1S/C28H34ClF3N6O3/c1-17(2)38(26(40)41-27(3,4)5)16-21(18-6-8-19(29)9-7-18)25(39)37-12-10-36(11-13-37)23-20-14-34-35-24(20)33-15-22(23)28(30,31)32/h6-9,14-15,17,21H,10-13,16H2,1-5H3,(H,33,34,35). The zero-order chi connectivity index (χ0) is 30.1. The third kappa shape index (κ3) is 7.03. The molecule has 13 heteroatoms. The molecule has 0 spiro atoms. The van der Waals surface area contributed by atoms with Crippen molar-refractivity contribution in [3.63, 3.8) is 0 Å². The van der Waals surface area contributed by atoms with E-state index in [9.17, 15) is 22.8 Å². The molecule has 2 aromatic heterocycles. The number of nitrogens with one attached hydrogen (secondary N) is 1. The normalized spacial score (nSPS) is 15.4. The number of amides is 2. The van der Waals surface area contributed by atoms with Gasteiger partial charge in [0, 0.05) is 50.0 Å². The second-order valence-corrected chi connectivity index (χ2v) is 11.7. The Bertz CT molecular complexity index is 1380. The van der Waals surface area contributed by atoms with Crippen LogP contribution in [0.2, 0.25) is 5.02 Å². The summed E-state index contributed by atoms with van der Waals surface area (Å²) in [6, 6.07) is 6.60. The van der Waals surface area contributed by atoms with Gasteiger partial charge in [0.25, 0.3) is 0 Å². The molecule has 2 amide bonds. The lowest BCUT2D eigenvalue weighted by Crippen LogP contribution is -2.52. The summed E-state index contributed by atoms with van der Waals surface area (Å²) < 4.78 is 47.3. The first-order valence-corrected chi connectivity index (χ1v) is 13.7. The van der Waals surface area contributed by atoms with Crippen molar-refractivity contribution in [3.05, 3.63) is 52.8 Å². The Morgan fingerprint density at radius 2 is 1.71 bits per heavy atom. The van der Waals surface area contributed by atoms with Gasteiger partial charge in [-0.3, -0.25) is 9.89 Å². The van der Waals surface area contributed by atoms with Crippen molar-refractivity contribution in [2.45, 2.75) is 58.4 Å². The summed E-state index contributed by atoms with van der Waals surface area (Å²) in [7, 11) is 0. The summed E-state index contributed by atoms with van der Waals surface area (Å²) in [6.45, 7) is 9.79. The molecule has 1 N–H and O–H groups in total. The van der Waals surface area contributed by atoms with E-state index in [0.29, 0.717) is 10.6 Å². The van der Waals surface area contributed by atoms with E-state index in [1.807, 2.05) is 13.8 Å². The number of H-pyrrole nitrogens is 1. The van der Waals surface area contributed by atoms with Gasteiger partial charge in [0.05, 0.1) is 28.8 Å². The third-order valence-corrected chi connectivity index (χ3v) is 7.12. The second-order valence-electron chi connectivity index (χ2n) is 11.3. The van der Waals surface area contributed by atoms with Crippen LogP contribution < -0.4 is 4.90 Å². The van der Waals surface area contributed by atoms with Gasteiger partial charge in [-0.1, -0.05) is 23.7 Å². The maximum atomic E-state index is 14.0. The van der Waals surface area contributed by atoms with E-state index in [4.69, 9.17) is 16.3 Å². The molecule has 1 aliphatic heterocycles. The average molecular weight is 595 g/mol. The Hall–Kier alpha value is -3.54. The van der Waals surface area contributed by atoms with Crippen LogP contribution in [0.3, 0.4) is 0 Å². The fourth-order valence-corrected chi connectivity index (χ4v) is 4.97. The summed E-state index contributed by atoms with van der Waals surface area (Å²) >= 11 is 6.10. The minimum absolute atomic E-state index is 0.00601. The number of piperazine rings is 1. The van der Waals surface area contributed by atoms with Crippen LogP contribution in [0.1, 0.15) is 51.7 Å². The maximum absolute atomic E-state index is 14.0. The fraction of sp³-hybridized carbons (Fsp3) is 0.500. The summed E-state index contributed by atoms with van der Waals surface area (Å²) in [6.07, 6.45) is -3.01. The van der Waals surface area contributed by atoms with Crippen LogP contribution >= 0.6 is 11.6 Å². The van der Waals surface area contributed by atoms with Gasteiger partial charge in [0.2, 0.25) is 5.91 Å². The monoisotopic (exact) mass is 594 g/mol. The highest BCUT2D eigenvalue weighted by atomic mass is 35.5. The fourth-order valence-electron chi connectivity index (χ4n) is 4.84. The Kier molecular flexibility index (Phi) is 8.72. The number of carbonyl (C=O) groups is 2. The zero-order valence-electron chi connectivity index (χ0n) is 23.6. The average Bonchev–Trinajstić information content (AvgIpc) is 3.36. The number of benzene rings is 1. The van der Waals surface area contributed by atoms with Gasteiger partial charge in [0.15, 0.2) is 5.65 Å². The minimum atomic E-state index is -4.61. The molecular weight excluding hydrogens is 561 g/mol. The van der Waals surface area contributed by atoms with E-state index >= 15 is 0 Å². The van der Waals surface area contributed by atoms with Crippen molar-refractivity contribution in [3.8, 4) is 0 Å². The summed E-state index contributed by atoms with van der Waals surface area (Å²) in [4.78, 5) is 35.7. The lowest BCUT2D eigenvalue weighted by Gasteiger charge is -2.39. The number of hydrogen-bond donors (Lipinski definition) is 1. The number of pyridine rings is 1. The molecule has 1 saturated heterocycles. The largest absolute Gasteiger partial charge is 0.444 e. The number of fused-ring (bicyclic) bond motifs is 1. The molecule has 1 aliphatic rings. The van der Waals surface area contributed by atoms with Gasteiger partial charge in [-0.25, -0.2) is 9.78 Å². The predicted octanol–water partition coefficient (Wildman–Crippen LogP) is 5.71. The number of hydrogen-bond acceptors (Lipinski definition) is 6. The second kappa shape index (κ2) is 11.8. The van der Waals surface area contributed by atoms with Gasteiger partial charge in [-0.2, -0.15) is 18.3 Å². The Balaban J connectivity index is 1.58. The molecule has 4 rings (SSSR count). The highest BCUT2D eigenvalue weighted by Crippen LogP contribution is 2.40. The molecule has 1 atom stereocenters. The molecule has 0 aliphatic carbocycles. The summed E-state index contributed by atoms with van der Waals surface area (Å²) in [5.74, 6) is -0.971. The molecule has 1 aromatic carbocycles. The lowest BCUT2D eigenvalue weighted by molar-refractivity contribution is -0.137. The molecule has 3 heterocycles. The van der Waals surface area contributed by atoms with Crippen molar-refractivity contribution < 1.29 is 27.5 Å². The van der Waals surface area contributed by atoms with Crippen LogP contribution in [0.4, 0.5) is 23.7 Å². The van der Waals surface area contributed by atoms with Gasteiger partial charge >= 0.3 is 12.3 Å². The summed E-state index contributed by atoms with van der Waals surface area (Å²) in [5, 5.41) is 7.26. The minimum Gasteiger partial charge on any atom is -0.444 e. The highest BCUT2D eigenvalue weighted by molar-refractivity contribution is 6.30. The summed E-state index contributed by atoms with van der Waals surface area (Å²) in [5.41, 5.74) is -0.651. The molecule has 41 heavy (non-hydrogen) atoms. The van der Waals surface area contributed by atoms with Gasteiger partial charge in [0.1, 0.15) is 5.60 Å². The van der Waals surface area contributed by atoms with Crippen LogP contribution in [-0.2, 0) is 15.7 Å². The van der Waals surface area contributed by atoms with Crippen LogP contribution in [0.25, 0.3) is 11.0 Å². The topological polar surface area (TPSA) is 94.7 Å². The number of carbonyl (C=O) groups excluding carboxylic acids is 2. The van der Waals surface area contributed by atoms with Crippen molar-refractivity contribution in [1.82, 2.24) is 25.0 Å². The number of aromatic nitrogens is 3. The number of nitrogens with zero attached hydrogens (tertiary/aromatic N) is 5. The molecule has 9 nitrogen and oxygen atoms in total. The van der Waals surface area contributed by atoms with Crippen LogP contribution in [0, 0.1) is 0 Å². The van der Waals surface area contributed by atoms with E-state index in [0.717, 1.165) is 6.20 Å². The van der Waals surface area contributed by atoms with Gasteiger partial charge in [-0.15, -0.1) is 0 Å². The number of alkyl halides is 3. The third-order valence-electron chi connectivity index (χ3n) is 6.87. The van der Waals surface area contributed by atoms with Crippen molar-refractivity contribution in [2.24, 2.45) is 0 Å². The number of ether oxygens (including phenoxy) is 1. The van der Waals surface area contributed by atoms with Crippen LogP contribution in [0.5, 0.6) is 0 Å². The molecule has 222 valence electrons. The van der Waals surface area contributed by atoms with Crippen molar-refractivity contribution >= 4 is 40.3 Å².